The van der Waals surface area contributed by atoms with E-state index < -0.39 is 0 Å². The number of carbonyl (C=O) groups excluding carboxylic acids is 1. The summed E-state index contributed by atoms with van der Waals surface area (Å²) in [6, 6.07) is 0. The number of hydrogen-bond donors (Lipinski definition) is 0. The molecule has 0 aromatic carbocycles. The van der Waals surface area contributed by atoms with Crippen LogP contribution in [-0.2, 0) is 19.0 Å². The van der Waals surface area contributed by atoms with E-state index >= 15 is 0 Å². The van der Waals surface area contributed by atoms with Crippen molar-refractivity contribution in [2.24, 2.45) is 0 Å². The van der Waals surface area contributed by atoms with E-state index in [1.807, 2.05) is 0 Å². The molecular formula is C18H36O4S. The first kappa shape index (κ1) is 22.9. The zero-order valence-corrected chi connectivity index (χ0v) is 16.0. The second kappa shape index (κ2) is 19.9. The summed E-state index contributed by atoms with van der Waals surface area (Å²) < 4.78 is 16.3. The van der Waals surface area contributed by atoms with Gasteiger partial charge in [-0.25, -0.2) is 0 Å². The van der Waals surface area contributed by atoms with E-state index in [1.165, 1.54) is 56.7 Å². The predicted molar refractivity (Wildman–Crippen MR) is 98.2 cm³/mol. The van der Waals surface area contributed by atoms with Crippen LogP contribution >= 0.6 is 11.8 Å². The highest BCUT2D eigenvalue weighted by molar-refractivity contribution is 8.13. The molecule has 23 heavy (non-hydrogen) atoms. The fourth-order valence-corrected chi connectivity index (χ4v) is 2.61. The molecule has 0 unspecified atom stereocenters. The van der Waals surface area contributed by atoms with Crippen molar-refractivity contribution in [2.75, 3.05) is 45.4 Å². The van der Waals surface area contributed by atoms with E-state index in [4.69, 9.17) is 14.2 Å². The Morgan fingerprint density at radius 1 is 0.696 bits per heavy atom. The first-order valence-corrected chi connectivity index (χ1v) is 10.1. The van der Waals surface area contributed by atoms with Crippen LogP contribution in [0.2, 0.25) is 0 Å². The van der Waals surface area contributed by atoms with Gasteiger partial charge in [-0.15, -0.1) is 0 Å². The first-order chi connectivity index (χ1) is 11.3. The summed E-state index contributed by atoms with van der Waals surface area (Å²) in [5.74, 6) is 0.719. The third-order valence-electron chi connectivity index (χ3n) is 3.42. The number of ether oxygens (including phenoxy) is 3. The quantitative estimate of drug-likeness (QED) is 0.342. The van der Waals surface area contributed by atoms with Crippen LogP contribution in [0.5, 0.6) is 0 Å². The van der Waals surface area contributed by atoms with Crippen molar-refractivity contribution < 1.29 is 19.0 Å². The normalized spacial score (nSPS) is 11.0. The SMILES string of the molecule is CCCCCCCCCCOCCOCCOCCSC(C)=O. The average Bonchev–Trinajstić information content (AvgIpc) is 2.53. The molecule has 0 rings (SSSR count). The molecule has 0 fully saturated rings. The average molecular weight is 349 g/mol. The minimum atomic E-state index is 0.137. The van der Waals surface area contributed by atoms with E-state index in [0.29, 0.717) is 33.0 Å². The molecule has 5 heteroatoms. The summed E-state index contributed by atoms with van der Waals surface area (Å²) in [6.07, 6.45) is 10.6. The van der Waals surface area contributed by atoms with Gasteiger partial charge >= 0.3 is 0 Å². The Morgan fingerprint density at radius 3 is 1.74 bits per heavy atom. The van der Waals surface area contributed by atoms with Crippen molar-refractivity contribution in [2.45, 2.75) is 65.2 Å². The lowest BCUT2D eigenvalue weighted by molar-refractivity contribution is -0.109. The van der Waals surface area contributed by atoms with Gasteiger partial charge in [-0.2, -0.15) is 0 Å². The Kier molecular flexibility index (Phi) is 19.9. The fraction of sp³-hybridized carbons (Fsp3) is 0.944. The molecule has 0 amide bonds. The summed E-state index contributed by atoms with van der Waals surface area (Å²) in [6.45, 7) is 7.73. The summed E-state index contributed by atoms with van der Waals surface area (Å²) in [5.41, 5.74) is 0. The minimum Gasteiger partial charge on any atom is -0.379 e. The Bertz CT molecular complexity index is 249. The highest BCUT2D eigenvalue weighted by atomic mass is 32.2. The lowest BCUT2D eigenvalue weighted by Crippen LogP contribution is -2.11. The van der Waals surface area contributed by atoms with Gasteiger partial charge in [-0.05, 0) is 6.42 Å². The highest BCUT2D eigenvalue weighted by Gasteiger charge is 1.95. The van der Waals surface area contributed by atoms with Crippen LogP contribution in [0.15, 0.2) is 0 Å². The molecule has 0 heterocycles. The third-order valence-corrected chi connectivity index (χ3v) is 4.20. The van der Waals surface area contributed by atoms with E-state index in [2.05, 4.69) is 6.92 Å². The second-order valence-electron chi connectivity index (χ2n) is 5.65. The van der Waals surface area contributed by atoms with Gasteiger partial charge < -0.3 is 14.2 Å². The lowest BCUT2D eigenvalue weighted by Gasteiger charge is -2.06. The molecule has 4 nitrogen and oxygen atoms in total. The zero-order chi connectivity index (χ0) is 17.0. The van der Waals surface area contributed by atoms with E-state index in [0.717, 1.165) is 18.8 Å². The number of carbonyl (C=O) groups is 1. The van der Waals surface area contributed by atoms with Gasteiger partial charge in [0.2, 0.25) is 0 Å². The van der Waals surface area contributed by atoms with Crippen LogP contribution in [0.4, 0.5) is 0 Å². The van der Waals surface area contributed by atoms with Crippen molar-refractivity contribution >= 4 is 16.9 Å². The highest BCUT2D eigenvalue weighted by Crippen LogP contribution is 2.08. The van der Waals surface area contributed by atoms with E-state index in [9.17, 15) is 4.79 Å². The Hall–Kier alpha value is -0.100. The van der Waals surface area contributed by atoms with Gasteiger partial charge in [0.1, 0.15) is 0 Å². The fourth-order valence-electron chi connectivity index (χ4n) is 2.12. The lowest BCUT2D eigenvalue weighted by atomic mass is 10.1. The molecule has 0 radical (unpaired) electrons. The third kappa shape index (κ3) is 21.9. The van der Waals surface area contributed by atoms with E-state index in [-0.39, 0.29) is 5.12 Å². The summed E-state index contributed by atoms with van der Waals surface area (Å²) in [4.78, 5) is 10.7. The first-order valence-electron chi connectivity index (χ1n) is 9.14. The molecule has 0 aromatic rings. The molecule has 0 bridgehead atoms. The van der Waals surface area contributed by atoms with Gasteiger partial charge in [0.25, 0.3) is 0 Å². The van der Waals surface area contributed by atoms with Gasteiger partial charge in [0.05, 0.1) is 33.0 Å². The molecule has 0 N–H and O–H groups in total. The van der Waals surface area contributed by atoms with Crippen molar-refractivity contribution in [1.29, 1.82) is 0 Å². The minimum absolute atomic E-state index is 0.137. The molecule has 0 aliphatic heterocycles. The van der Waals surface area contributed by atoms with Crippen LogP contribution < -0.4 is 0 Å². The molecule has 0 atom stereocenters. The van der Waals surface area contributed by atoms with Gasteiger partial charge in [-0.1, -0.05) is 63.6 Å². The summed E-state index contributed by atoms with van der Waals surface area (Å²) in [5, 5.41) is 0.137. The molecule has 0 saturated carbocycles. The van der Waals surface area contributed by atoms with Crippen LogP contribution in [-0.4, -0.2) is 50.5 Å². The van der Waals surface area contributed by atoms with Crippen LogP contribution in [0.1, 0.15) is 65.2 Å². The predicted octanol–water partition coefficient (Wildman–Crippen LogP) is 4.46. The topological polar surface area (TPSA) is 44.8 Å². The standard InChI is InChI=1S/C18H36O4S/c1-3-4-5-6-7-8-9-10-11-20-12-13-21-14-15-22-16-17-23-18(2)19/h3-17H2,1-2H3. The number of hydrogen-bond acceptors (Lipinski definition) is 5. The molecule has 0 aliphatic carbocycles. The molecule has 0 aromatic heterocycles. The summed E-state index contributed by atoms with van der Waals surface area (Å²) >= 11 is 1.29. The molecule has 0 aliphatic rings. The number of thioether (sulfide) groups is 1. The Morgan fingerprint density at radius 2 is 1.17 bits per heavy atom. The summed E-state index contributed by atoms with van der Waals surface area (Å²) in [7, 11) is 0. The smallest absolute Gasteiger partial charge is 0.185 e. The zero-order valence-electron chi connectivity index (χ0n) is 15.1. The molecule has 0 spiro atoms. The van der Waals surface area contributed by atoms with Crippen molar-refractivity contribution in [3.63, 3.8) is 0 Å². The van der Waals surface area contributed by atoms with Gasteiger partial charge in [0, 0.05) is 19.3 Å². The molecule has 138 valence electrons. The van der Waals surface area contributed by atoms with Crippen molar-refractivity contribution in [3.05, 3.63) is 0 Å². The number of unbranched alkanes of at least 4 members (excludes halogenated alkanes) is 7. The maximum Gasteiger partial charge on any atom is 0.185 e. The van der Waals surface area contributed by atoms with Crippen LogP contribution in [0.3, 0.4) is 0 Å². The Balaban J connectivity index is 2.96. The monoisotopic (exact) mass is 348 g/mol. The number of rotatable bonds is 18. The van der Waals surface area contributed by atoms with Crippen molar-refractivity contribution in [1.82, 2.24) is 0 Å². The van der Waals surface area contributed by atoms with Gasteiger partial charge in [-0.3, -0.25) is 4.79 Å². The van der Waals surface area contributed by atoms with E-state index in [1.54, 1.807) is 6.92 Å². The maximum absolute atomic E-state index is 10.7. The Labute approximate surface area is 147 Å². The van der Waals surface area contributed by atoms with Crippen LogP contribution in [0, 0.1) is 0 Å². The van der Waals surface area contributed by atoms with Gasteiger partial charge in [0.15, 0.2) is 5.12 Å². The second-order valence-corrected chi connectivity index (χ2v) is 6.92. The maximum atomic E-state index is 10.7. The largest absolute Gasteiger partial charge is 0.379 e. The molecular weight excluding hydrogens is 312 g/mol. The molecule has 0 saturated heterocycles. The van der Waals surface area contributed by atoms with Crippen LogP contribution in [0.25, 0.3) is 0 Å². The van der Waals surface area contributed by atoms with Crippen molar-refractivity contribution in [3.8, 4) is 0 Å².